The third-order valence-electron chi connectivity index (χ3n) is 1.84. The molecule has 0 spiro atoms. The van der Waals surface area contributed by atoms with E-state index in [4.69, 9.17) is 4.74 Å². The van der Waals surface area contributed by atoms with E-state index in [1.54, 1.807) is 18.2 Å². The summed E-state index contributed by atoms with van der Waals surface area (Å²) >= 11 is 0. The second-order valence-electron chi connectivity index (χ2n) is 2.86. The summed E-state index contributed by atoms with van der Waals surface area (Å²) in [6.45, 7) is 3.83. The van der Waals surface area contributed by atoms with Crippen molar-refractivity contribution in [3.8, 4) is 5.75 Å². The summed E-state index contributed by atoms with van der Waals surface area (Å²) in [5, 5.41) is 0. The number of ketones is 1. The number of carbonyl (C=O) groups excluding carboxylic acids is 2. The van der Waals surface area contributed by atoms with Gasteiger partial charge in [-0.05, 0) is 32.0 Å². The lowest BCUT2D eigenvalue weighted by atomic mass is 10.1. The fourth-order valence-electron chi connectivity index (χ4n) is 1.20. The zero-order valence-corrected chi connectivity index (χ0v) is 8.24. The Morgan fingerprint density at radius 1 is 1.50 bits per heavy atom. The second-order valence-corrected chi connectivity index (χ2v) is 2.86. The monoisotopic (exact) mass is 192 g/mol. The molecule has 0 aliphatic carbocycles. The Balaban J connectivity index is 3.13. The molecule has 1 aromatic carbocycles. The van der Waals surface area contributed by atoms with Crippen LogP contribution in [0.1, 0.15) is 34.6 Å². The molecule has 0 heterocycles. The highest BCUT2D eigenvalue weighted by Gasteiger charge is 2.07. The number of carbonyl (C=O) groups is 2. The quantitative estimate of drug-likeness (QED) is 0.542. The molecule has 3 nitrogen and oxygen atoms in total. The van der Waals surface area contributed by atoms with E-state index >= 15 is 0 Å². The lowest BCUT2D eigenvalue weighted by molar-refractivity contribution is 0.100. The Morgan fingerprint density at radius 2 is 2.21 bits per heavy atom. The highest BCUT2D eigenvalue weighted by atomic mass is 16.5. The van der Waals surface area contributed by atoms with Crippen LogP contribution in [0.3, 0.4) is 0 Å². The van der Waals surface area contributed by atoms with Crippen molar-refractivity contribution in [3.05, 3.63) is 29.3 Å². The average molecular weight is 192 g/mol. The van der Waals surface area contributed by atoms with Crippen LogP contribution in [0.4, 0.5) is 0 Å². The highest BCUT2D eigenvalue weighted by Crippen LogP contribution is 2.17. The van der Waals surface area contributed by atoms with Crippen LogP contribution < -0.4 is 4.74 Å². The molecule has 0 saturated heterocycles. The first-order chi connectivity index (χ1) is 6.69. The molecular weight excluding hydrogens is 180 g/mol. The Labute approximate surface area is 82.7 Å². The summed E-state index contributed by atoms with van der Waals surface area (Å²) in [5.74, 6) is 0.483. The molecule has 1 aromatic rings. The molecule has 0 bridgehead atoms. The van der Waals surface area contributed by atoms with Crippen LogP contribution >= 0.6 is 0 Å². The predicted octanol–water partition coefficient (Wildman–Crippen LogP) is 2.10. The maximum absolute atomic E-state index is 11.2. The van der Waals surface area contributed by atoms with Gasteiger partial charge >= 0.3 is 0 Å². The van der Waals surface area contributed by atoms with Gasteiger partial charge in [0.05, 0.1) is 6.61 Å². The normalized spacial score (nSPS) is 9.57. The summed E-state index contributed by atoms with van der Waals surface area (Å²) in [7, 11) is 0. The van der Waals surface area contributed by atoms with Crippen molar-refractivity contribution >= 4 is 12.1 Å². The first-order valence-corrected chi connectivity index (χ1v) is 4.42. The van der Waals surface area contributed by atoms with E-state index in [2.05, 4.69) is 0 Å². The molecule has 0 unspecified atom stereocenters. The first-order valence-electron chi connectivity index (χ1n) is 4.42. The third-order valence-corrected chi connectivity index (χ3v) is 1.84. The van der Waals surface area contributed by atoms with Crippen molar-refractivity contribution < 1.29 is 14.3 Å². The van der Waals surface area contributed by atoms with Crippen LogP contribution in [-0.4, -0.2) is 18.7 Å². The van der Waals surface area contributed by atoms with Gasteiger partial charge in [-0.3, -0.25) is 9.59 Å². The van der Waals surface area contributed by atoms with Crippen LogP contribution in [0.2, 0.25) is 0 Å². The zero-order chi connectivity index (χ0) is 10.6. The van der Waals surface area contributed by atoms with Crippen molar-refractivity contribution in [2.45, 2.75) is 13.8 Å². The number of Topliss-reactive ketones (excluding diaryl/α,β-unsaturated/α-hetero) is 1. The third kappa shape index (κ3) is 2.19. The van der Waals surface area contributed by atoms with E-state index in [1.165, 1.54) is 6.92 Å². The van der Waals surface area contributed by atoms with Gasteiger partial charge < -0.3 is 4.74 Å². The number of ether oxygens (including phenoxy) is 1. The van der Waals surface area contributed by atoms with Crippen molar-refractivity contribution in [1.82, 2.24) is 0 Å². The first kappa shape index (κ1) is 10.4. The van der Waals surface area contributed by atoms with Crippen molar-refractivity contribution in [2.24, 2.45) is 0 Å². The molecule has 0 N–H and O–H groups in total. The molecule has 3 heteroatoms. The van der Waals surface area contributed by atoms with Gasteiger partial charge in [-0.1, -0.05) is 0 Å². The highest BCUT2D eigenvalue weighted by molar-refractivity contribution is 6.01. The number of rotatable bonds is 4. The Hall–Kier alpha value is -1.64. The molecule has 74 valence electrons. The largest absolute Gasteiger partial charge is 0.494 e. The van der Waals surface area contributed by atoms with Gasteiger partial charge in [-0.15, -0.1) is 0 Å². The van der Waals surface area contributed by atoms with E-state index in [0.29, 0.717) is 29.8 Å². The van der Waals surface area contributed by atoms with Crippen molar-refractivity contribution in [1.29, 1.82) is 0 Å². The van der Waals surface area contributed by atoms with Crippen molar-refractivity contribution in [2.75, 3.05) is 6.61 Å². The molecule has 0 saturated carbocycles. The van der Waals surface area contributed by atoms with Crippen LogP contribution in [0.15, 0.2) is 18.2 Å². The van der Waals surface area contributed by atoms with E-state index in [0.717, 1.165) is 0 Å². The topological polar surface area (TPSA) is 43.4 Å². The summed E-state index contributed by atoms with van der Waals surface area (Å²) in [4.78, 5) is 21.8. The minimum atomic E-state index is -0.131. The molecule has 0 aliphatic rings. The number of hydrogen-bond donors (Lipinski definition) is 0. The zero-order valence-electron chi connectivity index (χ0n) is 8.24. The molecule has 1 rings (SSSR count). The fourth-order valence-corrected chi connectivity index (χ4v) is 1.20. The molecule has 0 radical (unpaired) electrons. The SMILES string of the molecule is CCOc1ccc(C=O)c(C(C)=O)c1. The van der Waals surface area contributed by atoms with Gasteiger partial charge in [0.2, 0.25) is 0 Å². The van der Waals surface area contributed by atoms with E-state index < -0.39 is 0 Å². The maximum Gasteiger partial charge on any atom is 0.160 e. The predicted molar refractivity (Wildman–Crippen MR) is 53.0 cm³/mol. The van der Waals surface area contributed by atoms with E-state index in [-0.39, 0.29) is 5.78 Å². The molecule has 0 aromatic heterocycles. The molecule has 0 amide bonds. The molecule has 0 fully saturated rings. The summed E-state index contributed by atoms with van der Waals surface area (Å²) in [6, 6.07) is 4.87. The number of benzene rings is 1. The van der Waals surface area contributed by atoms with Crippen LogP contribution in [0.25, 0.3) is 0 Å². The summed E-state index contributed by atoms with van der Waals surface area (Å²) in [5.41, 5.74) is 0.812. The van der Waals surface area contributed by atoms with E-state index in [9.17, 15) is 9.59 Å². The van der Waals surface area contributed by atoms with Crippen molar-refractivity contribution in [3.63, 3.8) is 0 Å². The maximum atomic E-state index is 11.2. The standard InChI is InChI=1S/C11H12O3/c1-3-14-10-5-4-9(7-12)11(6-10)8(2)13/h4-7H,3H2,1-2H3. The Morgan fingerprint density at radius 3 is 2.71 bits per heavy atom. The van der Waals surface area contributed by atoms with Gasteiger partial charge in [0.1, 0.15) is 5.75 Å². The Bertz CT molecular complexity index is 356. The van der Waals surface area contributed by atoms with Gasteiger partial charge in [-0.2, -0.15) is 0 Å². The lowest BCUT2D eigenvalue weighted by Gasteiger charge is -2.05. The smallest absolute Gasteiger partial charge is 0.160 e. The average Bonchev–Trinajstić information content (AvgIpc) is 2.18. The van der Waals surface area contributed by atoms with Gasteiger partial charge in [0.25, 0.3) is 0 Å². The van der Waals surface area contributed by atoms with E-state index in [1.807, 2.05) is 6.92 Å². The summed E-state index contributed by atoms with van der Waals surface area (Å²) in [6.07, 6.45) is 0.673. The molecular formula is C11H12O3. The van der Waals surface area contributed by atoms with Gasteiger partial charge in [-0.25, -0.2) is 0 Å². The van der Waals surface area contributed by atoms with Crippen LogP contribution in [-0.2, 0) is 0 Å². The Kier molecular flexibility index (Phi) is 3.40. The minimum Gasteiger partial charge on any atom is -0.494 e. The molecule has 0 atom stereocenters. The second kappa shape index (κ2) is 4.56. The van der Waals surface area contributed by atoms with Crippen LogP contribution in [0, 0.1) is 0 Å². The lowest BCUT2D eigenvalue weighted by Crippen LogP contribution is -2.00. The van der Waals surface area contributed by atoms with Gasteiger partial charge in [0, 0.05) is 11.1 Å². The summed E-state index contributed by atoms with van der Waals surface area (Å²) < 4.78 is 5.23. The van der Waals surface area contributed by atoms with Gasteiger partial charge in [0.15, 0.2) is 12.1 Å². The molecule has 14 heavy (non-hydrogen) atoms. The number of aldehydes is 1. The van der Waals surface area contributed by atoms with Crippen LogP contribution in [0.5, 0.6) is 5.75 Å². The molecule has 0 aliphatic heterocycles. The number of hydrogen-bond acceptors (Lipinski definition) is 3. The minimum absolute atomic E-state index is 0.131. The fraction of sp³-hybridized carbons (Fsp3) is 0.273.